The van der Waals surface area contributed by atoms with Gasteiger partial charge in [-0.1, -0.05) is 60.7 Å². The molecule has 42 heavy (non-hydrogen) atoms. The minimum Gasteiger partial charge on any atom is -0.494 e. The van der Waals surface area contributed by atoms with E-state index in [1.807, 2.05) is 60.7 Å². The predicted octanol–water partition coefficient (Wildman–Crippen LogP) is 5.34. The lowest BCUT2D eigenvalue weighted by atomic mass is 9.84. The molecule has 0 saturated heterocycles. The molecule has 8 nitrogen and oxygen atoms in total. The number of nitrogens with one attached hydrogen (secondary N) is 2. The van der Waals surface area contributed by atoms with Crippen molar-refractivity contribution in [3.05, 3.63) is 132 Å². The number of methoxy groups -OCH3 is 1. The van der Waals surface area contributed by atoms with Crippen LogP contribution in [0.1, 0.15) is 27.5 Å². The predicted molar refractivity (Wildman–Crippen MR) is 154 cm³/mol. The Morgan fingerprint density at radius 3 is 2.12 bits per heavy atom. The number of hydrogen-bond acceptors (Lipinski definition) is 5. The number of amides is 2. The van der Waals surface area contributed by atoms with Crippen LogP contribution in [-0.4, -0.2) is 39.7 Å². The van der Waals surface area contributed by atoms with Crippen LogP contribution in [0.2, 0.25) is 0 Å². The Morgan fingerprint density at radius 2 is 1.55 bits per heavy atom. The topological polar surface area (TPSA) is 98.1 Å². The van der Waals surface area contributed by atoms with Gasteiger partial charge < -0.3 is 15.4 Å². The Morgan fingerprint density at radius 1 is 0.881 bits per heavy atom. The molecule has 2 aromatic heterocycles. The molecule has 1 atom stereocenters. The number of carbonyl (C=O) groups is 2. The van der Waals surface area contributed by atoms with Gasteiger partial charge in [0, 0.05) is 30.4 Å². The lowest BCUT2D eigenvalue weighted by molar-refractivity contribution is -0.118. The number of rotatable bonds is 9. The van der Waals surface area contributed by atoms with Crippen LogP contribution in [0, 0.1) is 11.6 Å². The summed E-state index contributed by atoms with van der Waals surface area (Å²) in [6.07, 6.45) is 3.74. The molecule has 0 fully saturated rings. The van der Waals surface area contributed by atoms with Crippen LogP contribution >= 0.6 is 0 Å². The monoisotopic (exact) mass is 567 g/mol. The van der Waals surface area contributed by atoms with Crippen LogP contribution in [0.15, 0.2) is 104 Å². The summed E-state index contributed by atoms with van der Waals surface area (Å²) < 4.78 is 36.5. The molecule has 3 aromatic carbocycles. The van der Waals surface area contributed by atoms with Crippen molar-refractivity contribution in [3.63, 3.8) is 0 Å². The zero-order valence-electron chi connectivity index (χ0n) is 22.8. The van der Waals surface area contributed by atoms with E-state index >= 15 is 4.39 Å². The van der Waals surface area contributed by atoms with E-state index < -0.39 is 35.4 Å². The second-order valence-corrected chi connectivity index (χ2v) is 9.47. The molecule has 5 aromatic rings. The Hall–Kier alpha value is -5.38. The van der Waals surface area contributed by atoms with Crippen LogP contribution in [0.4, 0.5) is 14.5 Å². The standard InChI is InChI=1S/C32H27F2N5O3/c1-39-26(15-16-36-39)31(40)38-30(28(20-9-5-3-6-10-20)21-11-7-4-8-12-21)32(41)37-22-13-14-23(24(33)17-22)29-25(34)18-35-19-27(29)42-2/h3-19,28,30H,1-2H3,(H,37,41)(H,38,40). The second kappa shape index (κ2) is 12.4. The average Bonchev–Trinajstić information content (AvgIpc) is 3.44. The molecule has 1 unspecified atom stereocenters. The van der Waals surface area contributed by atoms with Crippen molar-refractivity contribution in [1.82, 2.24) is 20.1 Å². The van der Waals surface area contributed by atoms with Crippen molar-refractivity contribution in [1.29, 1.82) is 0 Å². The fraction of sp³-hybridized carbons (Fsp3) is 0.125. The quantitative estimate of drug-likeness (QED) is 0.251. The van der Waals surface area contributed by atoms with Gasteiger partial charge in [0.1, 0.15) is 23.3 Å². The molecular weight excluding hydrogens is 540 g/mol. The minimum atomic E-state index is -1.11. The van der Waals surface area contributed by atoms with Crippen molar-refractivity contribution in [2.24, 2.45) is 7.05 Å². The van der Waals surface area contributed by atoms with E-state index in [0.717, 1.165) is 23.4 Å². The number of pyridine rings is 1. The van der Waals surface area contributed by atoms with Crippen LogP contribution < -0.4 is 15.4 Å². The van der Waals surface area contributed by atoms with Crippen molar-refractivity contribution in [2.75, 3.05) is 12.4 Å². The number of carbonyl (C=O) groups excluding carboxylic acids is 2. The largest absolute Gasteiger partial charge is 0.494 e. The van der Waals surface area contributed by atoms with Gasteiger partial charge in [0.05, 0.1) is 25.1 Å². The van der Waals surface area contributed by atoms with Crippen LogP contribution in [0.25, 0.3) is 11.1 Å². The first kappa shape index (κ1) is 28.2. The summed E-state index contributed by atoms with van der Waals surface area (Å²) in [6.45, 7) is 0. The minimum absolute atomic E-state index is 0.0581. The van der Waals surface area contributed by atoms with E-state index in [0.29, 0.717) is 0 Å². The van der Waals surface area contributed by atoms with Crippen molar-refractivity contribution < 1.29 is 23.1 Å². The third-order valence-electron chi connectivity index (χ3n) is 6.86. The molecule has 2 amide bonds. The number of aryl methyl sites for hydroxylation is 1. The number of benzene rings is 3. The highest BCUT2D eigenvalue weighted by atomic mass is 19.1. The molecule has 0 bridgehead atoms. The summed E-state index contributed by atoms with van der Waals surface area (Å²) >= 11 is 0. The van der Waals surface area contributed by atoms with Gasteiger partial charge >= 0.3 is 0 Å². The SMILES string of the molecule is COc1cncc(F)c1-c1ccc(NC(=O)C(NC(=O)c2ccnn2C)C(c2ccccc2)c2ccccc2)cc1F. The molecule has 2 heterocycles. The number of ether oxygens (including phenoxy) is 1. The van der Waals surface area contributed by atoms with Crippen molar-refractivity contribution in [3.8, 4) is 16.9 Å². The number of hydrogen-bond donors (Lipinski definition) is 2. The van der Waals surface area contributed by atoms with Crippen LogP contribution in [0.5, 0.6) is 5.75 Å². The fourth-order valence-corrected chi connectivity index (χ4v) is 4.86. The summed E-state index contributed by atoms with van der Waals surface area (Å²) in [7, 11) is 2.96. The first-order chi connectivity index (χ1) is 20.4. The molecule has 2 N–H and O–H groups in total. The number of halogens is 2. The van der Waals surface area contributed by atoms with E-state index in [4.69, 9.17) is 4.74 Å². The number of anilines is 1. The summed E-state index contributed by atoms with van der Waals surface area (Å²) in [6, 6.07) is 22.9. The molecular formula is C32H27F2N5O3. The molecule has 0 aliphatic heterocycles. The Balaban J connectivity index is 1.52. The highest BCUT2D eigenvalue weighted by Crippen LogP contribution is 2.35. The van der Waals surface area contributed by atoms with E-state index in [9.17, 15) is 14.0 Å². The number of aromatic nitrogens is 3. The molecule has 10 heteroatoms. The lowest BCUT2D eigenvalue weighted by Crippen LogP contribution is -2.48. The van der Waals surface area contributed by atoms with Gasteiger partial charge in [0.2, 0.25) is 5.91 Å². The highest BCUT2D eigenvalue weighted by Gasteiger charge is 2.33. The zero-order chi connectivity index (χ0) is 29.6. The molecule has 0 aliphatic rings. The summed E-state index contributed by atoms with van der Waals surface area (Å²) in [5.74, 6) is -3.15. The smallest absolute Gasteiger partial charge is 0.270 e. The maximum atomic E-state index is 15.3. The molecule has 0 spiro atoms. The van der Waals surface area contributed by atoms with E-state index in [2.05, 4.69) is 20.7 Å². The van der Waals surface area contributed by atoms with Crippen LogP contribution in [-0.2, 0) is 11.8 Å². The van der Waals surface area contributed by atoms with Gasteiger partial charge in [0.25, 0.3) is 5.91 Å². The first-order valence-electron chi connectivity index (χ1n) is 13.0. The van der Waals surface area contributed by atoms with Gasteiger partial charge in [-0.25, -0.2) is 8.78 Å². The molecule has 0 aliphatic carbocycles. The van der Waals surface area contributed by atoms with E-state index in [1.54, 1.807) is 13.1 Å². The van der Waals surface area contributed by atoms with Crippen molar-refractivity contribution in [2.45, 2.75) is 12.0 Å². The van der Waals surface area contributed by atoms with Gasteiger partial charge in [-0.2, -0.15) is 5.10 Å². The molecule has 5 rings (SSSR count). The second-order valence-electron chi connectivity index (χ2n) is 9.47. The zero-order valence-corrected chi connectivity index (χ0v) is 22.8. The van der Waals surface area contributed by atoms with E-state index in [1.165, 1.54) is 36.3 Å². The number of nitrogens with zero attached hydrogens (tertiary/aromatic N) is 3. The Bertz CT molecular complexity index is 1670. The van der Waals surface area contributed by atoms with E-state index in [-0.39, 0.29) is 28.3 Å². The highest BCUT2D eigenvalue weighted by molar-refractivity contribution is 6.01. The van der Waals surface area contributed by atoms with Crippen LogP contribution in [0.3, 0.4) is 0 Å². The molecule has 0 radical (unpaired) electrons. The Kier molecular flexibility index (Phi) is 8.33. The summed E-state index contributed by atoms with van der Waals surface area (Å²) in [4.78, 5) is 31.0. The van der Waals surface area contributed by atoms with Gasteiger partial charge in [0.15, 0.2) is 5.82 Å². The summed E-state index contributed by atoms with van der Waals surface area (Å²) in [5.41, 5.74) is 1.81. The normalized spacial score (nSPS) is 11.6. The fourth-order valence-electron chi connectivity index (χ4n) is 4.86. The summed E-state index contributed by atoms with van der Waals surface area (Å²) in [5, 5.41) is 9.66. The molecule has 212 valence electrons. The Labute approximate surface area is 241 Å². The molecule has 0 saturated carbocycles. The first-order valence-corrected chi connectivity index (χ1v) is 13.0. The maximum Gasteiger partial charge on any atom is 0.270 e. The third-order valence-corrected chi connectivity index (χ3v) is 6.86. The maximum absolute atomic E-state index is 15.3. The van der Waals surface area contributed by atoms with Gasteiger partial charge in [-0.15, -0.1) is 0 Å². The lowest BCUT2D eigenvalue weighted by Gasteiger charge is -2.28. The average molecular weight is 568 g/mol. The van der Waals surface area contributed by atoms with Gasteiger partial charge in [-0.05, 0) is 35.4 Å². The third kappa shape index (κ3) is 5.87. The van der Waals surface area contributed by atoms with Crippen molar-refractivity contribution >= 4 is 17.5 Å². The van der Waals surface area contributed by atoms with Gasteiger partial charge in [-0.3, -0.25) is 19.3 Å².